The Morgan fingerprint density at radius 2 is 2.00 bits per heavy atom. The summed E-state index contributed by atoms with van der Waals surface area (Å²) in [6, 6.07) is 0. The van der Waals surface area contributed by atoms with Gasteiger partial charge in [0.2, 0.25) is 5.91 Å². The molecule has 0 saturated carbocycles. The topological polar surface area (TPSA) is 104 Å². The first-order valence-electron chi connectivity index (χ1n) is 11.1. The molecule has 1 saturated heterocycles. The molecule has 0 aromatic carbocycles. The van der Waals surface area contributed by atoms with E-state index in [0.29, 0.717) is 5.92 Å². The second kappa shape index (κ2) is 10.2. The molecule has 1 aliphatic carbocycles. The van der Waals surface area contributed by atoms with Crippen LogP contribution in [-0.2, 0) is 11.3 Å². The molecule has 3 N–H and O–H groups in total. The summed E-state index contributed by atoms with van der Waals surface area (Å²) in [6.45, 7) is 1.97. The number of hydrogen-bond acceptors (Lipinski definition) is 5. The van der Waals surface area contributed by atoms with Gasteiger partial charge in [0.15, 0.2) is 12.0 Å². The number of rotatable bonds is 7. The van der Waals surface area contributed by atoms with Crippen LogP contribution in [-0.4, -0.2) is 56.9 Å². The maximum Gasteiger partial charge on any atom is 0.244 e. The number of hydrogen-bond donors (Lipinski definition) is 2. The van der Waals surface area contributed by atoms with Crippen molar-refractivity contribution in [2.24, 2.45) is 11.7 Å². The van der Waals surface area contributed by atoms with Crippen LogP contribution in [0, 0.1) is 5.92 Å². The number of likely N-dealkylation sites (tertiary alicyclic amines) is 1. The highest BCUT2D eigenvalue weighted by atomic mass is 16.2. The van der Waals surface area contributed by atoms with Gasteiger partial charge in [0, 0.05) is 54.6 Å². The van der Waals surface area contributed by atoms with Gasteiger partial charge in [0.05, 0.1) is 6.20 Å². The summed E-state index contributed by atoms with van der Waals surface area (Å²) in [4.78, 5) is 26.5. The van der Waals surface area contributed by atoms with Crippen LogP contribution in [0.15, 0.2) is 54.8 Å². The molecular formula is C24H30N7O+. The van der Waals surface area contributed by atoms with Gasteiger partial charge in [-0.25, -0.2) is 9.97 Å². The largest absolute Gasteiger partial charge is 0.404 e. The van der Waals surface area contributed by atoms with E-state index >= 15 is 0 Å². The van der Waals surface area contributed by atoms with Gasteiger partial charge in [-0.3, -0.25) is 14.5 Å². The Kier molecular flexibility index (Phi) is 6.89. The lowest BCUT2D eigenvalue weighted by Gasteiger charge is -2.17. The van der Waals surface area contributed by atoms with Crippen LogP contribution in [0.1, 0.15) is 31.5 Å². The van der Waals surface area contributed by atoms with Gasteiger partial charge in [0.25, 0.3) is 0 Å². The smallest absolute Gasteiger partial charge is 0.244 e. The Labute approximate surface area is 188 Å². The highest BCUT2D eigenvalue weighted by molar-refractivity contribution is 5.76. The lowest BCUT2D eigenvalue weighted by atomic mass is 9.89. The number of carbonyl (C=O) groups excluding carboxylic acids is 1. The van der Waals surface area contributed by atoms with Crippen LogP contribution >= 0.6 is 0 Å². The average molecular weight is 433 g/mol. The summed E-state index contributed by atoms with van der Waals surface area (Å²) in [5.74, 6) is 1.20. The Bertz CT molecular complexity index is 1060. The van der Waals surface area contributed by atoms with Crippen molar-refractivity contribution in [1.82, 2.24) is 24.6 Å². The SMILES string of the molecule is C[NH+]=CC(=CN)CC1C=CC=C(c2ncc(-c3cnn(CC(=O)N4CCCC4)c3)cn2)C1. The number of carbonyl (C=O) groups is 1. The van der Waals surface area contributed by atoms with E-state index in [9.17, 15) is 4.79 Å². The zero-order valence-corrected chi connectivity index (χ0v) is 18.4. The highest BCUT2D eigenvalue weighted by Gasteiger charge is 2.19. The molecule has 3 heterocycles. The lowest BCUT2D eigenvalue weighted by Crippen LogP contribution is -2.63. The molecule has 1 unspecified atom stereocenters. The molecule has 0 bridgehead atoms. The fraction of sp³-hybridized carbons (Fsp3) is 0.375. The van der Waals surface area contributed by atoms with Crippen LogP contribution in [0.4, 0.5) is 0 Å². The minimum Gasteiger partial charge on any atom is -0.404 e. The quantitative estimate of drug-likeness (QED) is 0.634. The van der Waals surface area contributed by atoms with Crippen LogP contribution in [0.2, 0.25) is 0 Å². The first-order valence-corrected chi connectivity index (χ1v) is 11.1. The standard InChI is InChI=1S/C24H29N7O/c1-26-12-19(11-25)9-18-5-4-6-20(10-18)24-27-13-21(14-28-24)22-15-29-31(16-22)17-23(32)30-7-2-3-8-30/h4-6,11-16,18H,2-3,7-10,17,25H2,1H3/p+1. The van der Waals surface area contributed by atoms with Crippen molar-refractivity contribution in [2.75, 3.05) is 20.1 Å². The second-order valence-electron chi connectivity index (χ2n) is 8.23. The third-order valence-corrected chi connectivity index (χ3v) is 5.87. The fourth-order valence-electron chi connectivity index (χ4n) is 4.16. The van der Waals surface area contributed by atoms with Gasteiger partial charge < -0.3 is 10.6 Å². The molecule has 8 nitrogen and oxygen atoms in total. The Morgan fingerprint density at radius 1 is 1.22 bits per heavy atom. The monoisotopic (exact) mass is 432 g/mol. The van der Waals surface area contributed by atoms with Gasteiger partial charge in [-0.15, -0.1) is 0 Å². The van der Waals surface area contributed by atoms with Crippen LogP contribution in [0.3, 0.4) is 0 Å². The summed E-state index contributed by atoms with van der Waals surface area (Å²) >= 11 is 0. The molecule has 0 spiro atoms. The molecule has 32 heavy (non-hydrogen) atoms. The van der Waals surface area contributed by atoms with E-state index in [-0.39, 0.29) is 12.5 Å². The normalized spacial score (nSPS) is 19.0. The lowest BCUT2D eigenvalue weighted by molar-refractivity contribution is -0.413. The number of nitrogens with zero attached hydrogens (tertiary/aromatic N) is 5. The third kappa shape index (κ3) is 5.19. The predicted molar refractivity (Wildman–Crippen MR) is 124 cm³/mol. The van der Waals surface area contributed by atoms with E-state index in [1.807, 2.05) is 36.8 Å². The van der Waals surface area contributed by atoms with E-state index in [2.05, 4.69) is 38.3 Å². The van der Waals surface area contributed by atoms with Crippen molar-refractivity contribution >= 4 is 17.7 Å². The van der Waals surface area contributed by atoms with Crippen molar-refractivity contribution in [3.8, 4) is 11.1 Å². The summed E-state index contributed by atoms with van der Waals surface area (Å²) < 4.78 is 1.69. The second-order valence-corrected chi connectivity index (χ2v) is 8.23. The zero-order chi connectivity index (χ0) is 22.3. The average Bonchev–Trinajstić information content (AvgIpc) is 3.52. The maximum absolute atomic E-state index is 12.3. The third-order valence-electron chi connectivity index (χ3n) is 5.87. The van der Waals surface area contributed by atoms with Crippen molar-refractivity contribution in [2.45, 2.75) is 32.2 Å². The van der Waals surface area contributed by atoms with E-state index in [1.54, 1.807) is 17.1 Å². The summed E-state index contributed by atoms with van der Waals surface area (Å²) in [5, 5.41) is 4.35. The minimum absolute atomic E-state index is 0.121. The number of aromatic nitrogens is 4. The number of nitrogens with two attached hydrogens (primary N) is 1. The van der Waals surface area contributed by atoms with Gasteiger partial charge in [-0.05, 0) is 37.2 Å². The summed E-state index contributed by atoms with van der Waals surface area (Å²) in [7, 11) is 1.87. The van der Waals surface area contributed by atoms with Gasteiger partial charge in [0.1, 0.15) is 13.6 Å². The Hall–Kier alpha value is -3.55. The highest BCUT2D eigenvalue weighted by Crippen LogP contribution is 2.29. The summed E-state index contributed by atoms with van der Waals surface area (Å²) in [5.41, 5.74) is 9.69. The molecule has 0 radical (unpaired) electrons. The molecule has 2 aliphatic rings. The maximum atomic E-state index is 12.3. The first-order chi connectivity index (χ1) is 15.7. The van der Waals surface area contributed by atoms with E-state index in [4.69, 9.17) is 5.73 Å². The number of allylic oxidation sites excluding steroid dienone is 5. The van der Waals surface area contributed by atoms with Gasteiger partial charge in [-0.1, -0.05) is 18.2 Å². The van der Waals surface area contributed by atoms with Crippen molar-refractivity contribution in [3.05, 3.63) is 60.6 Å². The molecule has 8 heteroatoms. The molecule has 1 atom stereocenters. The minimum atomic E-state index is 0.121. The molecule has 1 aliphatic heterocycles. The molecular weight excluding hydrogens is 402 g/mol. The molecule has 1 amide bonds. The molecule has 2 aromatic rings. The van der Waals surface area contributed by atoms with Crippen molar-refractivity contribution in [3.63, 3.8) is 0 Å². The molecule has 2 aromatic heterocycles. The predicted octanol–water partition coefficient (Wildman–Crippen LogP) is 0.936. The van der Waals surface area contributed by atoms with Crippen LogP contribution in [0.5, 0.6) is 0 Å². The van der Waals surface area contributed by atoms with Crippen LogP contribution < -0.4 is 10.7 Å². The van der Waals surface area contributed by atoms with E-state index < -0.39 is 0 Å². The zero-order valence-electron chi connectivity index (χ0n) is 18.4. The van der Waals surface area contributed by atoms with Crippen molar-refractivity contribution in [1.29, 1.82) is 0 Å². The Balaban J connectivity index is 1.39. The molecule has 1 fully saturated rings. The first kappa shape index (κ1) is 21.7. The van der Waals surface area contributed by atoms with Crippen molar-refractivity contribution < 1.29 is 9.79 Å². The molecule has 4 rings (SSSR count). The Morgan fingerprint density at radius 3 is 2.72 bits per heavy atom. The number of nitrogens with one attached hydrogen (secondary N) is 1. The van der Waals surface area contributed by atoms with Gasteiger partial charge >= 0.3 is 0 Å². The fourth-order valence-corrected chi connectivity index (χ4v) is 4.16. The van der Waals surface area contributed by atoms with E-state index in [1.165, 1.54) is 0 Å². The summed E-state index contributed by atoms with van der Waals surface area (Å²) in [6.07, 6.45) is 21.1. The molecule has 166 valence electrons. The van der Waals surface area contributed by atoms with Gasteiger partial charge in [-0.2, -0.15) is 5.10 Å². The van der Waals surface area contributed by atoms with E-state index in [0.717, 1.165) is 66.9 Å². The van der Waals surface area contributed by atoms with Crippen LogP contribution in [0.25, 0.3) is 16.7 Å². The number of amides is 1.